The van der Waals surface area contributed by atoms with Crippen molar-refractivity contribution in [1.82, 2.24) is 8.87 Å². The van der Waals surface area contributed by atoms with Crippen molar-refractivity contribution in [3.8, 4) is 12.3 Å². The molecule has 1 fully saturated rings. The number of morpholine rings is 1. The molecule has 4 rings (SSSR count). The molecule has 0 bridgehead atoms. The summed E-state index contributed by atoms with van der Waals surface area (Å²) < 4.78 is 61.4. The van der Waals surface area contributed by atoms with Crippen LogP contribution in [0.4, 0.5) is 8.78 Å². The van der Waals surface area contributed by atoms with E-state index in [1.54, 1.807) is 0 Å². The number of benzene rings is 2. The topological polar surface area (TPSA) is 81.0 Å². The number of halogens is 2. The molecule has 1 aromatic heterocycles. The number of carbonyl (C=O) groups is 1. The Balaban J connectivity index is 1.68. The van der Waals surface area contributed by atoms with Gasteiger partial charge in [-0.15, -0.1) is 6.42 Å². The highest BCUT2D eigenvalue weighted by Crippen LogP contribution is 2.23. The van der Waals surface area contributed by atoms with E-state index in [1.165, 1.54) is 33.1 Å². The third kappa shape index (κ3) is 4.22. The van der Waals surface area contributed by atoms with Crippen molar-refractivity contribution in [2.24, 2.45) is 4.99 Å². The highest BCUT2D eigenvalue weighted by molar-refractivity contribution is 7.89. The smallest absolute Gasteiger partial charge is 0.279 e. The summed E-state index contributed by atoms with van der Waals surface area (Å²) in [5.41, 5.74) is 0.204. The van der Waals surface area contributed by atoms with Gasteiger partial charge in [0, 0.05) is 24.7 Å². The number of fused-ring (bicyclic) bond motifs is 1. The molecule has 7 nitrogen and oxygen atoms in total. The van der Waals surface area contributed by atoms with Crippen molar-refractivity contribution < 1.29 is 26.7 Å². The van der Waals surface area contributed by atoms with Crippen LogP contribution >= 0.6 is 11.3 Å². The van der Waals surface area contributed by atoms with E-state index in [9.17, 15) is 22.0 Å². The number of nitrogens with zero attached hydrogens (tertiary/aromatic N) is 3. The number of hydrogen-bond donors (Lipinski definition) is 0. The van der Waals surface area contributed by atoms with Crippen LogP contribution in [-0.2, 0) is 21.3 Å². The molecule has 0 atom stereocenters. The van der Waals surface area contributed by atoms with E-state index in [4.69, 9.17) is 11.2 Å². The van der Waals surface area contributed by atoms with E-state index < -0.39 is 27.6 Å². The van der Waals surface area contributed by atoms with Gasteiger partial charge < -0.3 is 9.30 Å². The van der Waals surface area contributed by atoms with Gasteiger partial charge in [-0.1, -0.05) is 17.3 Å². The molecule has 1 aliphatic heterocycles. The second-order valence-corrected chi connectivity index (χ2v) is 9.81. The molecular formula is C21H17F2N3O4S2. The normalized spacial score (nSPS) is 15.7. The van der Waals surface area contributed by atoms with Crippen molar-refractivity contribution in [3.05, 3.63) is 58.4 Å². The monoisotopic (exact) mass is 477 g/mol. The first-order valence-electron chi connectivity index (χ1n) is 9.50. The van der Waals surface area contributed by atoms with Gasteiger partial charge >= 0.3 is 0 Å². The van der Waals surface area contributed by atoms with Crippen LogP contribution in [0, 0.1) is 24.0 Å². The van der Waals surface area contributed by atoms with Gasteiger partial charge in [0.1, 0.15) is 5.82 Å². The Morgan fingerprint density at radius 1 is 1.19 bits per heavy atom. The fourth-order valence-electron chi connectivity index (χ4n) is 3.31. The average Bonchev–Trinajstić information content (AvgIpc) is 3.11. The second kappa shape index (κ2) is 8.91. The lowest BCUT2D eigenvalue weighted by atomic mass is 10.2. The summed E-state index contributed by atoms with van der Waals surface area (Å²) in [4.78, 5) is 16.9. The van der Waals surface area contributed by atoms with E-state index in [2.05, 4.69) is 10.9 Å². The molecule has 11 heteroatoms. The van der Waals surface area contributed by atoms with Crippen molar-refractivity contribution in [3.63, 3.8) is 0 Å². The van der Waals surface area contributed by atoms with Crippen molar-refractivity contribution in [1.29, 1.82) is 0 Å². The predicted molar refractivity (Wildman–Crippen MR) is 114 cm³/mol. The molecule has 1 amide bonds. The molecule has 0 N–H and O–H groups in total. The van der Waals surface area contributed by atoms with Gasteiger partial charge in [-0.3, -0.25) is 4.79 Å². The minimum atomic E-state index is -3.69. The van der Waals surface area contributed by atoms with Crippen LogP contribution in [-0.4, -0.2) is 49.5 Å². The predicted octanol–water partition coefficient (Wildman–Crippen LogP) is 2.38. The summed E-state index contributed by atoms with van der Waals surface area (Å²) in [6.07, 6.45) is 5.36. The van der Waals surface area contributed by atoms with Crippen LogP contribution in [0.1, 0.15) is 10.4 Å². The fraction of sp³-hybridized carbons (Fsp3) is 0.238. The maximum Gasteiger partial charge on any atom is 0.279 e. The number of hydrogen-bond acceptors (Lipinski definition) is 5. The second-order valence-electron chi connectivity index (χ2n) is 6.87. The highest BCUT2D eigenvalue weighted by atomic mass is 32.2. The van der Waals surface area contributed by atoms with Crippen LogP contribution in [0.5, 0.6) is 0 Å². The van der Waals surface area contributed by atoms with Crippen molar-refractivity contribution in [2.75, 3.05) is 26.3 Å². The SMILES string of the molecule is C#CCn1c(=NC(=O)c2ccc(S(=O)(=O)N3CCOCC3)cc2)sc2cc(F)cc(F)c21. The number of sulfonamides is 1. The van der Waals surface area contributed by atoms with E-state index in [-0.39, 0.29) is 45.1 Å². The molecule has 32 heavy (non-hydrogen) atoms. The Kier molecular flexibility index (Phi) is 6.21. The zero-order valence-corrected chi connectivity index (χ0v) is 18.3. The van der Waals surface area contributed by atoms with Crippen LogP contribution in [0.2, 0.25) is 0 Å². The molecule has 0 aliphatic carbocycles. The van der Waals surface area contributed by atoms with Gasteiger partial charge in [-0.05, 0) is 30.3 Å². The number of aromatic nitrogens is 1. The summed E-state index contributed by atoms with van der Waals surface area (Å²) in [6, 6.07) is 7.27. The average molecular weight is 478 g/mol. The molecule has 2 aromatic carbocycles. The van der Waals surface area contributed by atoms with Gasteiger partial charge in [0.25, 0.3) is 5.91 Å². The largest absolute Gasteiger partial charge is 0.379 e. The van der Waals surface area contributed by atoms with E-state index >= 15 is 0 Å². The first kappa shape index (κ1) is 22.3. The minimum Gasteiger partial charge on any atom is -0.379 e. The lowest BCUT2D eigenvalue weighted by molar-refractivity contribution is 0.0730. The van der Waals surface area contributed by atoms with Gasteiger partial charge in [0.05, 0.1) is 34.9 Å². The number of carbonyl (C=O) groups excluding carboxylic acids is 1. The Morgan fingerprint density at radius 2 is 1.88 bits per heavy atom. The maximum absolute atomic E-state index is 14.3. The highest BCUT2D eigenvalue weighted by Gasteiger charge is 2.26. The van der Waals surface area contributed by atoms with Crippen LogP contribution < -0.4 is 4.80 Å². The molecule has 0 spiro atoms. The maximum atomic E-state index is 14.3. The van der Waals surface area contributed by atoms with Gasteiger partial charge in [-0.2, -0.15) is 9.30 Å². The third-order valence-corrected chi connectivity index (χ3v) is 7.79. The molecule has 2 heterocycles. The summed E-state index contributed by atoms with van der Waals surface area (Å²) in [5.74, 6) is 0.144. The standard InChI is InChI=1S/C21H17F2N3O4S2/c1-2-7-26-19-17(23)12-15(22)13-18(19)31-21(26)24-20(27)14-3-5-16(6-4-14)32(28,29)25-8-10-30-11-9-25/h1,3-6,12-13H,7-11H2. The Morgan fingerprint density at radius 3 is 2.53 bits per heavy atom. The molecular weight excluding hydrogens is 460 g/mol. The summed E-state index contributed by atoms with van der Waals surface area (Å²) in [6.45, 7) is 1.11. The number of ether oxygens (including phenoxy) is 1. The number of thiazole rings is 1. The first-order chi connectivity index (χ1) is 15.3. The molecule has 0 radical (unpaired) electrons. The van der Waals surface area contributed by atoms with E-state index in [0.717, 1.165) is 23.5 Å². The lowest BCUT2D eigenvalue weighted by Gasteiger charge is -2.26. The molecule has 3 aromatic rings. The van der Waals surface area contributed by atoms with Crippen molar-refractivity contribution >= 4 is 37.5 Å². The van der Waals surface area contributed by atoms with E-state index in [0.29, 0.717) is 13.2 Å². The van der Waals surface area contributed by atoms with Gasteiger partial charge in [-0.25, -0.2) is 17.2 Å². The summed E-state index contributed by atoms with van der Waals surface area (Å²) in [7, 11) is -3.69. The Hall–Kier alpha value is -2.91. The summed E-state index contributed by atoms with van der Waals surface area (Å²) in [5, 5.41) is 0. The first-order valence-corrected chi connectivity index (χ1v) is 11.8. The molecule has 0 unspecified atom stereocenters. The van der Waals surface area contributed by atoms with Gasteiger partial charge in [0.2, 0.25) is 10.0 Å². The zero-order chi connectivity index (χ0) is 22.9. The molecule has 0 saturated carbocycles. The fourth-order valence-corrected chi connectivity index (χ4v) is 5.78. The Labute approximate surface area is 186 Å². The molecule has 1 saturated heterocycles. The van der Waals surface area contributed by atoms with Gasteiger partial charge in [0.15, 0.2) is 10.6 Å². The van der Waals surface area contributed by atoms with Crippen molar-refractivity contribution in [2.45, 2.75) is 11.4 Å². The lowest BCUT2D eigenvalue weighted by Crippen LogP contribution is -2.40. The van der Waals surface area contributed by atoms with Crippen LogP contribution in [0.3, 0.4) is 0 Å². The Bertz CT molecular complexity index is 1400. The number of rotatable bonds is 4. The number of amides is 1. The van der Waals surface area contributed by atoms with E-state index in [1.807, 2.05) is 0 Å². The minimum absolute atomic E-state index is 0.0535. The van der Waals surface area contributed by atoms with Crippen LogP contribution in [0.15, 0.2) is 46.3 Å². The van der Waals surface area contributed by atoms with Crippen LogP contribution in [0.25, 0.3) is 10.2 Å². The zero-order valence-electron chi connectivity index (χ0n) is 16.6. The molecule has 1 aliphatic rings. The quantitative estimate of drug-likeness (QED) is 0.541. The third-order valence-electron chi connectivity index (χ3n) is 4.85. The summed E-state index contributed by atoms with van der Waals surface area (Å²) >= 11 is 0.927. The number of terminal acetylenes is 1. The molecule has 166 valence electrons.